The molecule has 0 aliphatic heterocycles. The van der Waals surface area contributed by atoms with Gasteiger partial charge in [0.15, 0.2) is 0 Å². The highest BCUT2D eigenvalue weighted by molar-refractivity contribution is 7.92. The normalized spacial score (nSPS) is 11.6. The molecule has 0 saturated heterocycles. The van der Waals surface area contributed by atoms with E-state index in [1.54, 1.807) is 0 Å². The number of sulfonamides is 2. The van der Waals surface area contributed by atoms with Gasteiger partial charge in [0.05, 0.1) is 35.2 Å². The number of carbonyl (C=O) groups is 1. The van der Waals surface area contributed by atoms with Crippen LogP contribution in [-0.2, 0) is 20.0 Å². The van der Waals surface area contributed by atoms with E-state index in [4.69, 9.17) is 4.74 Å². The molecule has 0 saturated carbocycles. The molecule has 0 bridgehead atoms. The fraction of sp³-hybridized carbons (Fsp3) is 0.235. The van der Waals surface area contributed by atoms with E-state index in [0.717, 1.165) is 10.6 Å². The van der Waals surface area contributed by atoms with Gasteiger partial charge in [-0.25, -0.2) is 16.8 Å². The van der Waals surface area contributed by atoms with Crippen molar-refractivity contribution in [1.82, 2.24) is 5.32 Å². The average Bonchev–Trinajstić information content (AvgIpc) is 2.65. The van der Waals surface area contributed by atoms with Crippen molar-refractivity contribution in [3.05, 3.63) is 48.0 Å². The van der Waals surface area contributed by atoms with Crippen molar-refractivity contribution in [2.45, 2.75) is 4.90 Å². The van der Waals surface area contributed by atoms with Crippen LogP contribution in [0.5, 0.6) is 5.75 Å². The highest BCUT2D eigenvalue weighted by Gasteiger charge is 2.20. The van der Waals surface area contributed by atoms with Crippen LogP contribution in [0.3, 0.4) is 0 Å². The second kappa shape index (κ2) is 8.07. The number of ether oxygens (including phenoxy) is 1. The molecule has 0 aliphatic rings. The van der Waals surface area contributed by atoms with Crippen LogP contribution < -0.4 is 19.1 Å². The summed E-state index contributed by atoms with van der Waals surface area (Å²) in [5.74, 6) is -0.263. The maximum absolute atomic E-state index is 12.7. The van der Waals surface area contributed by atoms with Crippen LogP contribution in [-0.4, -0.2) is 50.2 Å². The van der Waals surface area contributed by atoms with Gasteiger partial charge in [-0.2, -0.15) is 0 Å². The van der Waals surface area contributed by atoms with Gasteiger partial charge in [-0.15, -0.1) is 0 Å². The monoisotopic (exact) mass is 427 g/mol. The van der Waals surface area contributed by atoms with Crippen molar-refractivity contribution >= 4 is 37.3 Å². The molecule has 0 atom stereocenters. The number of anilines is 2. The molecule has 2 aromatic rings. The van der Waals surface area contributed by atoms with Gasteiger partial charge in [0.2, 0.25) is 10.0 Å². The van der Waals surface area contributed by atoms with Crippen molar-refractivity contribution < 1.29 is 26.4 Å². The number of methoxy groups -OCH3 is 1. The Morgan fingerprint density at radius 3 is 2.32 bits per heavy atom. The number of nitrogens with one attached hydrogen (secondary N) is 2. The Hall–Kier alpha value is -2.79. The third kappa shape index (κ3) is 4.73. The van der Waals surface area contributed by atoms with Crippen molar-refractivity contribution in [3.8, 4) is 5.75 Å². The van der Waals surface area contributed by atoms with Gasteiger partial charge < -0.3 is 10.1 Å². The maximum Gasteiger partial charge on any atom is 0.261 e. The Kier molecular flexibility index (Phi) is 6.20. The molecule has 2 aromatic carbocycles. The Labute approximate surface area is 164 Å². The first-order valence-corrected chi connectivity index (χ1v) is 11.3. The SMILES string of the molecule is CNC(=O)c1cc(S(=O)(=O)Nc2cccc(N(C)S(C)(=O)=O)c2)ccc1OC. The Balaban J connectivity index is 2.41. The summed E-state index contributed by atoms with van der Waals surface area (Å²) in [7, 11) is -3.37. The molecule has 9 nitrogen and oxygen atoms in total. The van der Waals surface area contributed by atoms with Crippen LogP contribution in [0.15, 0.2) is 47.4 Å². The molecule has 0 radical (unpaired) electrons. The Morgan fingerprint density at radius 1 is 1.07 bits per heavy atom. The van der Waals surface area contributed by atoms with Crippen molar-refractivity contribution in [2.75, 3.05) is 36.5 Å². The number of hydrogen-bond donors (Lipinski definition) is 2. The highest BCUT2D eigenvalue weighted by Crippen LogP contribution is 2.26. The number of amides is 1. The van der Waals surface area contributed by atoms with Crippen LogP contribution in [0.1, 0.15) is 10.4 Å². The summed E-state index contributed by atoms with van der Waals surface area (Å²) in [6.45, 7) is 0. The standard InChI is InChI=1S/C17H21N3O6S2/c1-18-17(21)15-11-14(8-9-16(15)26-3)28(24,25)19-12-6-5-7-13(10-12)20(2)27(4,22)23/h5-11,19H,1-4H3,(H,18,21). The van der Waals surface area contributed by atoms with E-state index >= 15 is 0 Å². The quantitative estimate of drug-likeness (QED) is 0.686. The van der Waals surface area contributed by atoms with Crippen LogP contribution in [0.25, 0.3) is 0 Å². The minimum atomic E-state index is -4.03. The molecule has 28 heavy (non-hydrogen) atoms. The van der Waals surface area contributed by atoms with Crippen LogP contribution in [0.2, 0.25) is 0 Å². The van der Waals surface area contributed by atoms with Crippen molar-refractivity contribution in [3.63, 3.8) is 0 Å². The maximum atomic E-state index is 12.7. The molecule has 1 amide bonds. The number of nitrogens with zero attached hydrogens (tertiary/aromatic N) is 1. The molecule has 0 aliphatic carbocycles. The van der Waals surface area contributed by atoms with Crippen molar-refractivity contribution in [1.29, 1.82) is 0 Å². The lowest BCUT2D eigenvalue weighted by Crippen LogP contribution is -2.25. The van der Waals surface area contributed by atoms with E-state index in [-0.39, 0.29) is 21.9 Å². The summed E-state index contributed by atoms with van der Waals surface area (Å²) in [5.41, 5.74) is 0.534. The van der Waals surface area contributed by atoms with Gasteiger partial charge in [0, 0.05) is 14.1 Å². The summed E-state index contributed by atoms with van der Waals surface area (Å²) >= 11 is 0. The predicted molar refractivity (Wildman–Crippen MR) is 107 cm³/mol. The average molecular weight is 428 g/mol. The van der Waals surface area contributed by atoms with Gasteiger partial charge in [0.25, 0.3) is 15.9 Å². The second-order valence-corrected chi connectivity index (χ2v) is 9.52. The third-order valence-electron chi connectivity index (χ3n) is 3.91. The first-order chi connectivity index (χ1) is 13.0. The molecular formula is C17H21N3O6S2. The predicted octanol–water partition coefficient (Wildman–Crippen LogP) is 1.25. The summed E-state index contributed by atoms with van der Waals surface area (Å²) in [6.07, 6.45) is 1.04. The summed E-state index contributed by atoms with van der Waals surface area (Å²) in [5, 5.41) is 2.42. The van der Waals surface area contributed by atoms with E-state index in [1.807, 2.05) is 0 Å². The number of hydrogen-bond acceptors (Lipinski definition) is 6. The highest BCUT2D eigenvalue weighted by atomic mass is 32.2. The molecule has 0 spiro atoms. The zero-order valence-corrected chi connectivity index (χ0v) is 17.4. The van der Waals surface area contributed by atoms with Gasteiger partial charge in [0.1, 0.15) is 5.75 Å². The number of rotatable bonds is 7. The minimum absolute atomic E-state index is 0.0680. The fourth-order valence-electron chi connectivity index (χ4n) is 2.34. The van der Waals surface area contributed by atoms with Crippen LogP contribution in [0, 0.1) is 0 Å². The smallest absolute Gasteiger partial charge is 0.261 e. The van der Waals surface area contributed by atoms with Crippen LogP contribution >= 0.6 is 0 Å². The second-order valence-electron chi connectivity index (χ2n) is 5.83. The minimum Gasteiger partial charge on any atom is -0.496 e. The molecule has 11 heteroatoms. The summed E-state index contributed by atoms with van der Waals surface area (Å²) in [6, 6.07) is 9.83. The van der Waals surface area contributed by atoms with Gasteiger partial charge in [-0.1, -0.05) is 6.07 Å². The van der Waals surface area contributed by atoms with E-state index in [9.17, 15) is 21.6 Å². The molecule has 0 unspecified atom stereocenters. The lowest BCUT2D eigenvalue weighted by Gasteiger charge is -2.18. The molecule has 0 fully saturated rings. The lowest BCUT2D eigenvalue weighted by atomic mass is 10.2. The van der Waals surface area contributed by atoms with E-state index < -0.39 is 26.0 Å². The third-order valence-corrected chi connectivity index (χ3v) is 6.50. The molecule has 152 valence electrons. The summed E-state index contributed by atoms with van der Waals surface area (Å²) < 4.78 is 57.3. The zero-order chi connectivity index (χ0) is 21.1. The topological polar surface area (TPSA) is 122 Å². The Morgan fingerprint density at radius 2 is 1.75 bits per heavy atom. The lowest BCUT2D eigenvalue weighted by molar-refractivity contribution is 0.0960. The molecule has 0 heterocycles. The van der Waals surface area contributed by atoms with E-state index in [0.29, 0.717) is 5.69 Å². The first-order valence-electron chi connectivity index (χ1n) is 7.96. The van der Waals surface area contributed by atoms with Gasteiger partial charge >= 0.3 is 0 Å². The van der Waals surface area contributed by atoms with E-state index in [2.05, 4.69) is 10.0 Å². The molecule has 2 N–H and O–H groups in total. The number of carbonyl (C=O) groups excluding carboxylic acids is 1. The van der Waals surface area contributed by atoms with Gasteiger partial charge in [-0.3, -0.25) is 13.8 Å². The largest absolute Gasteiger partial charge is 0.496 e. The molecular weight excluding hydrogens is 406 g/mol. The summed E-state index contributed by atoms with van der Waals surface area (Å²) in [4.78, 5) is 11.8. The first kappa shape index (κ1) is 21.5. The van der Waals surface area contributed by atoms with Crippen molar-refractivity contribution in [2.24, 2.45) is 0 Å². The molecule has 0 aromatic heterocycles. The number of benzene rings is 2. The van der Waals surface area contributed by atoms with Crippen LogP contribution in [0.4, 0.5) is 11.4 Å². The van der Waals surface area contributed by atoms with Gasteiger partial charge in [-0.05, 0) is 36.4 Å². The fourth-order valence-corrected chi connectivity index (χ4v) is 3.91. The van der Waals surface area contributed by atoms with E-state index in [1.165, 1.54) is 63.7 Å². The zero-order valence-electron chi connectivity index (χ0n) is 15.8. The molecule has 2 rings (SSSR count). The Bertz CT molecular complexity index is 1100.